The van der Waals surface area contributed by atoms with Crippen LogP contribution >= 0.6 is 0 Å². The van der Waals surface area contributed by atoms with Crippen molar-refractivity contribution in [1.82, 2.24) is 0 Å². The van der Waals surface area contributed by atoms with E-state index in [0.29, 0.717) is 12.8 Å². The van der Waals surface area contributed by atoms with Gasteiger partial charge in [0.1, 0.15) is 0 Å². The van der Waals surface area contributed by atoms with Gasteiger partial charge in [0.2, 0.25) is 0 Å². The van der Waals surface area contributed by atoms with E-state index in [2.05, 4.69) is 11.8 Å². The Morgan fingerprint density at radius 2 is 1.93 bits per heavy atom. The molecule has 0 radical (unpaired) electrons. The molecule has 0 saturated carbocycles. The molecule has 2 nitrogen and oxygen atoms in total. The number of hydrogen-bond donors (Lipinski definition) is 1. The van der Waals surface area contributed by atoms with Crippen LogP contribution in [0.5, 0.6) is 0 Å². The second-order valence-electron chi connectivity index (χ2n) is 3.26. The topological polar surface area (TPSA) is 37.3 Å². The Bertz CT molecular complexity index is 357. The summed E-state index contributed by atoms with van der Waals surface area (Å²) in [5.41, 5.74) is 1.20. The average Bonchev–Trinajstić information content (AvgIpc) is 2.24. The largest absolute Gasteiger partial charge is 0.481 e. The lowest BCUT2D eigenvalue weighted by Gasteiger charge is -1.91. The van der Waals surface area contributed by atoms with Crippen molar-refractivity contribution in [1.29, 1.82) is 0 Å². The van der Waals surface area contributed by atoms with Gasteiger partial charge in [0.25, 0.3) is 0 Å². The van der Waals surface area contributed by atoms with E-state index in [4.69, 9.17) is 5.11 Å². The van der Waals surface area contributed by atoms with Crippen LogP contribution in [0.25, 0.3) is 0 Å². The molecule has 0 bridgehead atoms. The van der Waals surface area contributed by atoms with Crippen molar-refractivity contribution < 1.29 is 9.90 Å². The fourth-order valence-corrected chi connectivity index (χ4v) is 1.18. The highest BCUT2D eigenvalue weighted by atomic mass is 16.4. The van der Waals surface area contributed by atoms with E-state index in [1.807, 2.05) is 30.3 Å². The molecule has 0 spiro atoms. The molecular weight excluding hydrogens is 188 g/mol. The second-order valence-corrected chi connectivity index (χ2v) is 3.26. The number of carboxylic acids is 1. The van der Waals surface area contributed by atoms with Crippen LogP contribution in [0.4, 0.5) is 0 Å². The minimum Gasteiger partial charge on any atom is -0.481 e. The minimum atomic E-state index is -0.750. The third-order valence-electron chi connectivity index (χ3n) is 1.95. The normalized spacial score (nSPS) is 9.07. The van der Waals surface area contributed by atoms with E-state index in [0.717, 1.165) is 6.42 Å². The maximum absolute atomic E-state index is 10.2. The highest BCUT2D eigenvalue weighted by Gasteiger charge is 1.93. The Labute approximate surface area is 89.9 Å². The molecule has 1 aromatic carbocycles. The summed E-state index contributed by atoms with van der Waals surface area (Å²) in [5, 5.41) is 8.40. The molecule has 0 aliphatic carbocycles. The number of benzene rings is 1. The maximum atomic E-state index is 10.2. The SMILES string of the molecule is O=C(O)CCCC#CCc1ccccc1. The molecule has 0 amide bonds. The first kappa shape index (κ1) is 11.3. The summed E-state index contributed by atoms with van der Waals surface area (Å²) in [6.07, 6.45) is 2.25. The van der Waals surface area contributed by atoms with Crippen molar-refractivity contribution in [3.8, 4) is 11.8 Å². The number of hydrogen-bond acceptors (Lipinski definition) is 1. The van der Waals surface area contributed by atoms with Crippen molar-refractivity contribution >= 4 is 5.97 Å². The lowest BCUT2D eigenvalue weighted by molar-refractivity contribution is -0.137. The van der Waals surface area contributed by atoms with Crippen molar-refractivity contribution in [2.24, 2.45) is 0 Å². The third-order valence-corrected chi connectivity index (χ3v) is 1.95. The highest BCUT2D eigenvalue weighted by Crippen LogP contribution is 1.98. The molecule has 1 N–H and O–H groups in total. The van der Waals surface area contributed by atoms with Crippen LogP contribution in [-0.2, 0) is 11.2 Å². The second kappa shape index (κ2) is 6.67. The lowest BCUT2D eigenvalue weighted by Crippen LogP contribution is -1.92. The van der Waals surface area contributed by atoms with Crippen LogP contribution in [0.1, 0.15) is 24.8 Å². The van der Waals surface area contributed by atoms with Gasteiger partial charge in [-0.3, -0.25) is 4.79 Å². The molecule has 0 atom stereocenters. The maximum Gasteiger partial charge on any atom is 0.303 e. The third kappa shape index (κ3) is 5.53. The van der Waals surface area contributed by atoms with Gasteiger partial charge in [0.05, 0.1) is 0 Å². The molecule has 15 heavy (non-hydrogen) atoms. The summed E-state index contributed by atoms with van der Waals surface area (Å²) in [5.74, 6) is 5.26. The van der Waals surface area contributed by atoms with Crippen LogP contribution in [-0.4, -0.2) is 11.1 Å². The number of rotatable bonds is 4. The van der Waals surface area contributed by atoms with E-state index in [1.54, 1.807) is 0 Å². The molecule has 2 heteroatoms. The van der Waals surface area contributed by atoms with E-state index in [-0.39, 0.29) is 6.42 Å². The molecule has 0 fully saturated rings. The minimum absolute atomic E-state index is 0.208. The number of carboxylic acid groups (broad SMARTS) is 1. The van der Waals surface area contributed by atoms with E-state index in [1.165, 1.54) is 5.56 Å². The number of carbonyl (C=O) groups is 1. The van der Waals surface area contributed by atoms with Gasteiger partial charge in [0.15, 0.2) is 0 Å². The zero-order chi connectivity index (χ0) is 10.9. The molecule has 0 aromatic heterocycles. The van der Waals surface area contributed by atoms with Crippen LogP contribution in [0.15, 0.2) is 30.3 Å². The number of aliphatic carboxylic acids is 1. The zero-order valence-electron chi connectivity index (χ0n) is 8.57. The summed E-state index contributed by atoms with van der Waals surface area (Å²) in [6, 6.07) is 10.0. The van der Waals surface area contributed by atoms with Crippen LogP contribution in [0.3, 0.4) is 0 Å². The smallest absolute Gasteiger partial charge is 0.303 e. The van der Waals surface area contributed by atoms with Gasteiger partial charge in [-0.05, 0) is 12.0 Å². The van der Waals surface area contributed by atoms with Crippen molar-refractivity contribution in [3.63, 3.8) is 0 Å². The molecule has 1 rings (SSSR count). The fraction of sp³-hybridized carbons (Fsp3) is 0.308. The van der Waals surface area contributed by atoms with E-state index < -0.39 is 5.97 Å². The summed E-state index contributed by atoms with van der Waals surface area (Å²) in [7, 11) is 0. The molecule has 1 aromatic rings. The molecule has 0 aliphatic heterocycles. The van der Waals surface area contributed by atoms with Gasteiger partial charge in [0, 0.05) is 19.3 Å². The highest BCUT2D eigenvalue weighted by molar-refractivity contribution is 5.66. The van der Waals surface area contributed by atoms with Gasteiger partial charge in [-0.2, -0.15) is 0 Å². The summed E-state index contributed by atoms with van der Waals surface area (Å²) >= 11 is 0. The fourth-order valence-electron chi connectivity index (χ4n) is 1.18. The van der Waals surface area contributed by atoms with Gasteiger partial charge in [-0.25, -0.2) is 0 Å². The monoisotopic (exact) mass is 202 g/mol. The average molecular weight is 202 g/mol. The molecule has 0 saturated heterocycles. The molecule has 0 aliphatic rings. The zero-order valence-corrected chi connectivity index (χ0v) is 8.57. The molecular formula is C13H14O2. The molecule has 0 unspecified atom stereocenters. The van der Waals surface area contributed by atoms with Crippen LogP contribution in [0, 0.1) is 11.8 Å². The Kier molecular flexibility index (Phi) is 5.03. The van der Waals surface area contributed by atoms with Crippen LogP contribution in [0.2, 0.25) is 0 Å². The van der Waals surface area contributed by atoms with Gasteiger partial charge < -0.3 is 5.11 Å². The number of unbranched alkanes of at least 4 members (excludes halogenated alkanes) is 1. The van der Waals surface area contributed by atoms with Crippen molar-refractivity contribution in [3.05, 3.63) is 35.9 Å². The van der Waals surface area contributed by atoms with Gasteiger partial charge in [-0.1, -0.05) is 36.3 Å². The van der Waals surface area contributed by atoms with Gasteiger partial charge >= 0.3 is 5.97 Å². The first-order valence-electron chi connectivity index (χ1n) is 5.00. The predicted octanol–water partition coefficient (Wildman–Crippen LogP) is 2.49. The predicted molar refractivity (Wildman–Crippen MR) is 59.4 cm³/mol. The van der Waals surface area contributed by atoms with Crippen LogP contribution < -0.4 is 0 Å². The Morgan fingerprint density at radius 3 is 2.60 bits per heavy atom. The lowest BCUT2D eigenvalue weighted by atomic mass is 10.1. The van der Waals surface area contributed by atoms with Crippen molar-refractivity contribution in [2.75, 3.05) is 0 Å². The van der Waals surface area contributed by atoms with Crippen molar-refractivity contribution in [2.45, 2.75) is 25.7 Å². The first-order valence-corrected chi connectivity index (χ1v) is 5.00. The van der Waals surface area contributed by atoms with Gasteiger partial charge in [-0.15, -0.1) is 5.92 Å². The molecule has 78 valence electrons. The summed E-state index contributed by atoms with van der Waals surface area (Å²) in [4.78, 5) is 10.2. The summed E-state index contributed by atoms with van der Waals surface area (Å²) < 4.78 is 0. The Balaban J connectivity index is 2.20. The van der Waals surface area contributed by atoms with E-state index >= 15 is 0 Å². The Hall–Kier alpha value is -1.75. The summed E-state index contributed by atoms with van der Waals surface area (Å²) in [6.45, 7) is 0. The molecule has 0 heterocycles. The Morgan fingerprint density at radius 1 is 1.20 bits per heavy atom. The quantitative estimate of drug-likeness (QED) is 0.601. The first-order chi connectivity index (χ1) is 7.29. The van der Waals surface area contributed by atoms with E-state index in [9.17, 15) is 4.79 Å². The standard InChI is InChI=1S/C13H14O2/c14-13(15)11-7-2-1-4-8-12-9-5-3-6-10-12/h3,5-6,9-10H,2,7-8,11H2,(H,14,15).